The lowest BCUT2D eigenvalue weighted by Crippen LogP contribution is -2.48. The van der Waals surface area contributed by atoms with Gasteiger partial charge in [0.2, 0.25) is 11.9 Å². The van der Waals surface area contributed by atoms with Crippen molar-refractivity contribution in [2.75, 3.05) is 22.5 Å². The summed E-state index contributed by atoms with van der Waals surface area (Å²) >= 11 is 0. The fraction of sp³-hybridized carbons (Fsp3) is 0.478. The van der Waals surface area contributed by atoms with E-state index in [4.69, 9.17) is 0 Å². The van der Waals surface area contributed by atoms with Crippen LogP contribution in [0, 0.1) is 16.7 Å². The summed E-state index contributed by atoms with van der Waals surface area (Å²) in [5.41, 5.74) is 1.92. The summed E-state index contributed by atoms with van der Waals surface area (Å²) in [6, 6.07) is 9.87. The zero-order valence-electron chi connectivity index (χ0n) is 17.9. The third-order valence-electron chi connectivity index (χ3n) is 6.57. The van der Waals surface area contributed by atoms with Crippen LogP contribution < -0.4 is 16.0 Å². The molecule has 1 saturated carbocycles. The van der Waals surface area contributed by atoms with E-state index in [9.17, 15) is 15.2 Å². The predicted octanol–water partition coefficient (Wildman–Crippen LogP) is 3.24. The summed E-state index contributed by atoms with van der Waals surface area (Å²) < 4.78 is 0. The van der Waals surface area contributed by atoms with Crippen molar-refractivity contribution in [3.05, 3.63) is 41.6 Å². The lowest BCUT2D eigenvalue weighted by molar-refractivity contribution is -0.117. The van der Waals surface area contributed by atoms with Crippen molar-refractivity contribution in [1.82, 2.24) is 9.97 Å². The quantitative estimate of drug-likeness (QED) is 0.566. The van der Waals surface area contributed by atoms with Gasteiger partial charge in [0, 0.05) is 23.7 Å². The number of nitrogens with zero attached hydrogens (tertiary/aromatic N) is 3. The molecule has 2 aliphatic rings. The molecule has 1 aromatic heterocycles. The Morgan fingerprint density at radius 1 is 1.32 bits per heavy atom. The second-order valence-electron chi connectivity index (χ2n) is 8.88. The lowest BCUT2D eigenvalue weighted by atomic mass is 9.71. The van der Waals surface area contributed by atoms with Crippen LogP contribution in [0.15, 0.2) is 30.5 Å². The van der Waals surface area contributed by atoms with Crippen molar-refractivity contribution in [2.24, 2.45) is 5.41 Å². The number of carbonyl (C=O) groups is 1. The molecule has 2 aromatic rings. The molecule has 162 valence electrons. The lowest BCUT2D eigenvalue weighted by Gasteiger charge is -2.43. The average Bonchev–Trinajstić information content (AvgIpc) is 3.07. The van der Waals surface area contributed by atoms with Crippen molar-refractivity contribution in [3.63, 3.8) is 0 Å². The maximum Gasteiger partial charge on any atom is 0.232 e. The van der Waals surface area contributed by atoms with Crippen LogP contribution in [0.2, 0.25) is 0 Å². The maximum atomic E-state index is 12.3. The molecule has 8 nitrogen and oxygen atoms in total. The Morgan fingerprint density at radius 3 is 2.94 bits per heavy atom. The molecule has 1 aromatic carbocycles. The molecule has 2 heterocycles. The number of aliphatic hydroxyl groups is 1. The SMILES string of the molecule is CC1(C)[C@@H](O)CCC[C@H]1Nc1nc(NCCC2C(=O)Nc3ccccc32)ncc1C#N. The molecule has 31 heavy (non-hydrogen) atoms. The number of nitrogens with one attached hydrogen (secondary N) is 3. The van der Waals surface area contributed by atoms with Crippen molar-refractivity contribution in [3.8, 4) is 6.07 Å². The van der Waals surface area contributed by atoms with E-state index in [0.717, 1.165) is 30.5 Å². The van der Waals surface area contributed by atoms with Gasteiger partial charge in [-0.3, -0.25) is 4.79 Å². The van der Waals surface area contributed by atoms with E-state index < -0.39 is 6.10 Å². The first-order valence-corrected chi connectivity index (χ1v) is 10.8. The van der Waals surface area contributed by atoms with Crippen LogP contribution in [0.5, 0.6) is 0 Å². The second-order valence-corrected chi connectivity index (χ2v) is 8.88. The highest BCUT2D eigenvalue weighted by molar-refractivity contribution is 6.02. The van der Waals surface area contributed by atoms with E-state index in [1.165, 1.54) is 6.20 Å². The highest BCUT2D eigenvalue weighted by Gasteiger charge is 2.40. The summed E-state index contributed by atoms with van der Waals surface area (Å²) in [5.74, 6) is 0.673. The second kappa shape index (κ2) is 8.52. The van der Waals surface area contributed by atoms with Gasteiger partial charge in [-0.15, -0.1) is 0 Å². The van der Waals surface area contributed by atoms with Gasteiger partial charge in [0.15, 0.2) is 0 Å². The van der Waals surface area contributed by atoms with Gasteiger partial charge in [-0.1, -0.05) is 32.0 Å². The van der Waals surface area contributed by atoms with Crippen LogP contribution in [0.25, 0.3) is 0 Å². The summed E-state index contributed by atoms with van der Waals surface area (Å²) in [5, 5.41) is 29.3. The van der Waals surface area contributed by atoms with Gasteiger partial charge in [-0.2, -0.15) is 10.2 Å². The number of hydrogen-bond donors (Lipinski definition) is 4. The number of benzene rings is 1. The number of anilines is 3. The van der Waals surface area contributed by atoms with E-state index in [-0.39, 0.29) is 23.3 Å². The maximum absolute atomic E-state index is 12.3. The normalized spacial score (nSPS) is 24.1. The Morgan fingerprint density at radius 2 is 2.13 bits per heavy atom. The minimum Gasteiger partial charge on any atom is -0.392 e. The van der Waals surface area contributed by atoms with Gasteiger partial charge >= 0.3 is 0 Å². The van der Waals surface area contributed by atoms with Crippen molar-refractivity contribution in [2.45, 2.75) is 57.6 Å². The van der Waals surface area contributed by atoms with E-state index >= 15 is 0 Å². The number of hydrogen-bond acceptors (Lipinski definition) is 7. The first kappa shape index (κ1) is 21.1. The van der Waals surface area contributed by atoms with Crippen molar-refractivity contribution >= 4 is 23.4 Å². The zero-order chi connectivity index (χ0) is 22.0. The average molecular weight is 421 g/mol. The van der Waals surface area contributed by atoms with E-state index in [1.54, 1.807) is 0 Å². The largest absolute Gasteiger partial charge is 0.392 e. The Hall–Kier alpha value is -3.18. The van der Waals surface area contributed by atoms with Gasteiger partial charge in [-0.25, -0.2) is 4.98 Å². The van der Waals surface area contributed by atoms with E-state index in [1.807, 2.05) is 38.1 Å². The minimum atomic E-state index is -0.399. The van der Waals surface area contributed by atoms with Crippen LogP contribution in [0.4, 0.5) is 17.5 Å². The minimum absolute atomic E-state index is 0.00388. The van der Waals surface area contributed by atoms with Crippen LogP contribution >= 0.6 is 0 Å². The number of nitriles is 1. The van der Waals surface area contributed by atoms with Crippen molar-refractivity contribution < 1.29 is 9.90 Å². The van der Waals surface area contributed by atoms with E-state index in [2.05, 4.69) is 32.0 Å². The van der Waals surface area contributed by atoms with Gasteiger partial charge < -0.3 is 21.1 Å². The number of amides is 1. The molecule has 1 unspecified atom stereocenters. The number of fused-ring (bicyclic) bond motifs is 1. The highest BCUT2D eigenvalue weighted by atomic mass is 16.3. The smallest absolute Gasteiger partial charge is 0.232 e. The summed E-state index contributed by atoms with van der Waals surface area (Å²) in [6.07, 6.45) is 4.32. The molecule has 0 spiro atoms. The number of aliphatic hydroxyl groups excluding tert-OH is 1. The topological polar surface area (TPSA) is 123 Å². The Kier molecular flexibility index (Phi) is 5.79. The molecule has 1 fully saturated rings. The number of carbonyl (C=O) groups excluding carboxylic acids is 1. The Labute approximate surface area is 182 Å². The monoisotopic (exact) mass is 420 g/mol. The molecule has 0 radical (unpaired) electrons. The van der Waals surface area contributed by atoms with Gasteiger partial charge in [0.1, 0.15) is 17.5 Å². The van der Waals surface area contributed by atoms with Crippen molar-refractivity contribution in [1.29, 1.82) is 5.26 Å². The fourth-order valence-corrected chi connectivity index (χ4v) is 4.46. The molecule has 3 atom stereocenters. The Balaban J connectivity index is 1.43. The molecule has 4 N–H and O–H groups in total. The molecule has 1 amide bonds. The standard InChI is InChI=1S/C23H28N6O2/c1-23(2)18(8-5-9-19(23)30)28-20-14(12-24)13-26-22(29-20)25-11-10-16-15-6-3-4-7-17(15)27-21(16)31/h3-4,6-7,13,16,18-19,30H,5,8-11H2,1-2H3,(H,27,31)(H2,25,26,28,29)/t16?,18-,19+/m1/s1. The van der Waals surface area contributed by atoms with Crippen LogP contribution in [0.1, 0.15) is 56.6 Å². The third kappa shape index (κ3) is 4.19. The number of para-hydroxylation sites is 1. The number of aromatic nitrogens is 2. The summed E-state index contributed by atoms with van der Waals surface area (Å²) in [4.78, 5) is 21.0. The molecule has 0 bridgehead atoms. The van der Waals surface area contributed by atoms with Gasteiger partial charge in [0.25, 0.3) is 0 Å². The molecule has 4 rings (SSSR count). The third-order valence-corrected chi connectivity index (χ3v) is 6.57. The molecular formula is C23H28N6O2. The zero-order valence-corrected chi connectivity index (χ0v) is 17.9. The molecule has 1 aliphatic heterocycles. The molecule has 8 heteroatoms. The predicted molar refractivity (Wildman–Crippen MR) is 119 cm³/mol. The first-order valence-electron chi connectivity index (χ1n) is 10.8. The fourth-order valence-electron chi connectivity index (χ4n) is 4.46. The van der Waals surface area contributed by atoms with Gasteiger partial charge in [-0.05, 0) is 37.3 Å². The van der Waals surface area contributed by atoms with E-state index in [0.29, 0.717) is 30.3 Å². The molecule has 1 aliphatic carbocycles. The Bertz CT molecular complexity index is 1020. The van der Waals surface area contributed by atoms with Crippen LogP contribution in [-0.2, 0) is 4.79 Å². The van der Waals surface area contributed by atoms with Gasteiger partial charge in [0.05, 0.1) is 18.2 Å². The summed E-state index contributed by atoms with van der Waals surface area (Å²) in [7, 11) is 0. The summed E-state index contributed by atoms with van der Waals surface area (Å²) in [6.45, 7) is 4.59. The number of rotatable bonds is 6. The molecular weight excluding hydrogens is 392 g/mol. The highest BCUT2D eigenvalue weighted by Crippen LogP contribution is 2.38. The first-order chi connectivity index (χ1) is 14.9. The van der Waals surface area contributed by atoms with Crippen LogP contribution in [-0.4, -0.2) is 39.7 Å². The van der Waals surface area contributed by atoms with Crippen LogP contribution in [0.3, 0.4) is 0 Å². The molecule has 0 saturated heterocycles.